The Morgan fingerprint density at radius 3 is 2.63 bits per heavy atom. The van der Waals surface area contributed by atoms with E-state index in [1.165, 1.54) is 23.4 Å². The zero-order valence-corrected chi connectivity index (χ0v) is 24.3. The minimum atomic E-state index is -4.14. The van der Waals surface area contributed by atoms with Crippen molar-refractivity contribution in [3.05, 3.63) is 52.1 Å². The smallest absolute Gasteiger partial charge is 0.459 e. The molecule has 5 N–H and O–H groups in total. The van der Waals surface area contributed by atoms with Gasteiger partial charge in [-0.2, -0.15) is 10.1 Å². The summed E-state index contributed by atoms with van der Waals surface area (Å²) >= 11 is 0. The third-order valence-electron chi connectivity index (χ3n) is 7.48. The molecule has 3 atom stereocenters. The average molecular weight is 587 g/mol. The zero-order chi connectivity index (χ0) is 29.6. The molecule has 0 radical (unpaired) electrons. The van der Waals surface area contributed by atoms with Gasteiger partial charge < -0.3 is 20.1 Å². The van der Waals surface area contributed by atoms with E-state index in [0.29, 0.717) is 12.2 Å². The van der Waals surface area contributed by atoms with Gasteiger partial charge in [-0.3, -0.25) is 23.7 Å². The highest BCUT2D eigenvalue weighted by atomic mass is 31.2. The van der Waals surface area contributed by atoms with Crippen LogP contribution in [0.4, 0.5) is 5.95 Å². The van der Waals surface area contributed by atoms with Crippen LogP contribution in [0.25, 0.3) is 17.4 Å². The molecule has 2 aliphatic carbocycles. The first-order valence-corrected chi connectivity index (χ1v) is 15.0. The summed E-state index contributed by atoms with van der Waals surface area (Å²) in [6, 6.07) is 6.31. The molecule has 14 heteroatoms. The second-order valence-corrected chi connectivity index (χ2v) is 13.0. The number of H-pyrrole nitrogens is 1. The van der Waals surface area contributed by atoms with Crippen LogP contribution in [0, 0.1) is 5.41 Å². The van der Waals surface area contributed by atoms with E-state index in [0.717, 1.165) is 18.4 Å². The van der Waals surface area contributed by atoms with Crippen molar-refractivity contribution in [2.24, 2.45) is 5.41 Å². The number of esters is 1. The molecule has 0 spiro atoms. The molecular weight excluding hydrogens is 551 g/mol. The number of imidazole rings is 1. The summed E-state index contributed by atoms with van der Waals surface area (Å²) < 4.78 is 32.5. The molecule has 0 saturated heterocycles. The first-order chi connectivity index (χ1) is 19.4. The van der Waals surface area contributed by atoms with Crippen molar-refractivity contribution < 1.29 is 28.3 Å². The molecule has 2 aromatic heterocycles. The standard InChI is InChI=1S/C27H35N6O7P/c1-16(2)39-24(36)17(3)32-41(37,40-20-7-5-18(6-8-20)26(4)9-10-26)38-14-27(13-34)11-19(27)12-33-15-29-21-22(33)30-25(28)31-23(21)35/h5-8,12,15-17,34H,9-11,13-14H2,1-4H3,(H,32,37)(H3,28,30,31,35)/b19-12-/t17-,27-,41-/m0/s1. The Labute approximate surface area is 236 Å². The summed E-state index contributed by atoms with van der Waals surface area (Å²) in [6.45, 7) is 6.65. The maximum Gasteiger partial charge on any atom is 0.459 e. The maximum absolute atomic E-state index is 14.0. The first kappa shape index (κ1) is 29.0. The number of aliphatic hydroxyl groups is 1. The lowest BCUT2D eigenvalue weighted by molar-refractivity contribution is -0.149. The fraction of sp³-hybridized carbons (Fsp3) is 0.481. The molecular formula is C27H35N6O7P. The third-order valence-corrected chi connectivity index (χ3v) is 9.10. The van der Waals surface area contributed by atoms with Crippen LogP contribution in [0.15, 0.2) is 41.0 Å². The fourth-order valence-electron chi connectivity index (χ4n) is 4.51. The largest absolute Gasteiger partial charge is 0.462 e. The van der Waals surface area contributed by atoms with Crippen molar-refractivity contribution in [3.8, 4) is 5.75 Å². The van der Waals surface area contributed by atoms with Gasteiger partial charge in [0.2, 0.25) is 5.95 Å². The lowest BCUT2D eigenvalue weighted by Crippen LogP contribution is -2.36. The number of nitrogens with zero attached hydrogens (tertiary/aromatic N) is 3. The molecule has 0 unspecified atom stereocenters. The van der Waals surface area contributed by atoms with Crippen LogP contribution in [0.3, 0.4) is 0 Å². The number of nitrogens with two attached hydrogens (primary N) is 1. The number of carbonyl (C=O) groups is 1. The molecule has 13 nitrogen and oxygen atoms in total. The molecule has 5 rings (SSSR count). The number of aromatic amines is 1. The number of fused-ring (bicyclic) bond motifs is 1. The monoisotopic (exact) mass is 586 g/mol. The number of carbonyl (C=O) groups excluding carboxylic acids is 1. The molecule has 0 amide bonds. The molecule has 220 valence electrons. The van der Waals surface area contributed by atoms with E-state index in [4.69, 9.17) is 19.5 Å². The van der Waals surface area contributed by atoms with E-state index in [1.807, 2.05) is 12.1 Å². The Kier molecular flexibility index (Phi) is 7.58. The second kappa shape index (κ2) is 10.7. The minimum absolute atomic E-state index is 0.0521. The number of rotatable bonds is 12. The number of hydrogen-bond donors (Lipinski definition) is 4. The molecule has 2 saturated carbocycles. The normalized spacial score (nSPS) is 22.4. The Bertz CT molecular complexity index is 1590. The Morgan fingerprint density at radius 1 is 1.29 bits per heavy atom. The number of aromatic nitrogens is 4. The Hall–Kier alpha value is -3.51. The highest BCUT2D eigenvalue weighted by Gasteiger charge is 2.51. The van der Waals surface area contributed by atoms with Gasteiger partial charge in [-0.25, -0.2) is 9.55 Å². The van der Waals surface area contributed by atoms with E-state index in [1.54, 1.807) is 32.2 Å². The van der Waals surface area contributed by atoms with Crippen LogP contribution in [-0.2, 0) is 24.0 Å². The van der Waals surface area contributed by atoms with Crippen LogP contribution in [0.5, 0.6) is 5.75 Å². The lowest BCUT2D eigenvalue weighted by Gasteiger charge is -2.25. The van der Waals surface area contributed by atoms with Crippen LogP contribution in [-0.4, -0.2) is 56.0 Å². The van der Waals surface area contributed by atoms with Gasteiger partial charge in [0.25, 0.3) is 5.56 Å². The topological polar surface area (TPSA) is 184 Å². The quantitative estimate of drug-likeness (QED) is 0.181. The van der Waals surface area contributed by atoms with E-state index >= 15 is 0 Å². The Morgan fingerprint density at radius 2 is 2.00 bits per heavy atom. The molecule has 0 aliphatic heterocycles. The van der Waals surface area contributed by atoms with E-state index in [2.05, 4.69) is 27.0 Å². The molecule has 0 bridgehead atoms. The molecule has 41 heavy (non-hydrogen) atoms. The SMILES string of the molecule is CC(C)OC(=O)[C@H](C)N[P@](=O)(OC[C@@]1(CO)C/C1=C/n1cnc2c(=O)[nH]c(N)nc21)Oc1ccc(C2(C)CC2)cc1. The fourth-order valence-corrected chi connectivity index (χ4v) is 6.09. The summed E-state index contributed by atoms with van der Waals surface area (Å²) in [5, 5.41) is 12.9. The van der Waals surface area contributed by atoms with Crippen molar-refractivity contribution in [2.45, 2.75) is 64.5 Å². The molecule has 3 aromatic rings. The predicted molar refractivity (Wildman–Crippen MR) is 152 cm³/mol. The van der Waals surface area contributed by atoms with Gasteiger partial charge >= 0.3 is 13.7 Å². The Balaban J connectivity index is 1.35. The number of ether oxygens (including phenoxy) is 1. The molecule has 2 aliphatic rings. The maximum atomic E-state index is 14.0. The van der Waals surface area contributed by atoms with Crippen LogP contribution >= 0.6 is 7.75 Å². The van der Waals surface area contributed by atoms with Crippen molar-refractivity contribution in [1.29, 1.82) is 0 Å². The van der Waals surface area contributed by atoms with Gasteiger partial charge in [0, 0.05) is 11.6 Å². The van der Waals surface area contributed by atoms with E-state index in [9.17, 15) is 19.3 Å². The zero-order valence-electron chi connectivity index (χ0n) is 23.4. The van der Waals surface area contributed by atoms with Gasteiger partial charge in [-0.05, 0) is 68.7 Å². The summed E-state index contributed by atoms with van der Waals surface area (Å²) in [5.74, 6) is -0.354. The van der Waals surface area contributed by atoms with Gasteiger partial charge in [0.05, 0.1) is 19.3 Å². The van der Waals surface area contributed by atoms with Gasteiger partial charge in [0.1, 0.15) is 18.1 Å². The van der Waals surface area contributed by atoms with Gasteiger partial charge in [0.15, 0.2) is 11.2 Å². The van der Waals surface area contributed by atoms with Crippen molar-refractivity contribution >= 4 is 37.0 Å². The number of anilines is 1. The number of nitrogens with one attached hydrogen (secondary N) is 2. The summed E-state index contributed by atoms with van der Waals surface area (Å²) in [7, 11) is -4.14. The molecule has 1 aromatic carbocycles. The third kappa shape index (κ3) is 6.23. The van der Waals surface area contributed by atoms with Crippen LogP contribution in [0.1, 0.15) is 52.5 Å². The average Bonchev–Trinajstić information content (AvgIpc) is 3.78. The molecule has 2 fully saturated rings. The van der Waals surface area contributed by atoms with Crippen LogP contribution < -0.4 is 20.9 Å². The van der Waals surface area contributed by atoms with Crippen molar-refractivity contribution in [2.75, 3.05) is 18.9 Å². The summed E-state index contributed by atoms with van der Waals surface area (Å²) in [4.78, 5) is 35.2. The van der Waals surface area contributed by atoms with Crippen molar-refractivity contribution in [1.82, 2.24) is 24.6 Å². The lowest BCUT2D eigenvalue weighted by atomic mass is 9.99. The number of aliphatic hydroxyl groups excluding tert-OH is 1. The van der Waals surface area contributed by atoms with Gasteiger partial charge in [-0.1, -0.05) is 19.1 Å². The van der Waals surface area contributed by atoms with E-state index in [-0.39, 0.29) is 41.8 Å². The number of benzene rings is 1. The predicted octanol–water partition coefficient (Wildman–Crippen LogP) is 3.11. The van der Waals surface area contributed by atoms with Gasteiger partial charge in [-0.15, -0.1) is 0 Å². The van der Waals surface area contributed by atoms with E-state index < -0.39 is 30.7 Å². The summed E-state index contributed by atoms with van der Waals surface area (Å²) in [6.07, 6.45) is 5.38. The number of nitrogen functional groups attached to an aromatic ring is 1. The highest BCUT2D eigenvalue weighted by molar-refractivity contribution is 7.52. The number of hydrogen-bond acceptors (Lipinski definition) is 10. The van der Waals surface area contributed by atoms with Crippen LogP contribution in [0.2, 0.25) is 0 Å². The molecule has 2 heterocycles. The van der Waals surface area contributed by atoms with Crippen molar-refractivity contribution in [3.63, 3.8) is 0 Å². The minimum Gasteiger partial charge on any atom is -0.462 e. The first-order valence-electron chi connectivity index (χ1n) is 13.4. The highest BCUT2D eigenvalue weighted by Crippen LogP contribution is 2.56. The summed E-state index contributed by atoms with van der Waals surface area (Å²) in [5.41, 5.74) is 6.80. The second-order valence-electron chi connectivity index (χ2n) is 11.3.